The van der Waals surface area contributed by atoms with Crippen LogP contribution in [0.4, 0.5) is 0 Å². The van der Waals surface area contributed by atoms with Gasteiger partial charge in [0.05, 0.1) is 5.56 Å². The van der Waals surface area contributed by atoms with Crippen molar-refractivity contribution in [1.82, 2.24) is 0 Å². The Morgan fingerprint density at radius 3 is 2.32 bits per heavy atom. The molecule has 0 bridgehead atoms. The topological polar surface area (TPSA) is 35.5 Å². The first kappa shape index (κ1) is 16.2. The Bertz CT molecular complexity index is 561. The highest BCUT2D eigenvalue weighted by Crippen LogP contribution is 2.10. The molecule has 2 aromatic rings. The van der Waals surface area contributed by atoms with Gasteiger partial charge in [-0.15, -0.1) is 0 Å². The minimum atomic E-state index is -0.283. The molecule has 2 rings (SSSR count). The monoisotopic (exact) mass is 298 g/mol. The summed E-state index contributed by atoms with van der Waals surface area (Å²) >= 11 is 0. The molecule has 0 saturated heterocycles. The van der Waals surface area contributed by atoms with E-state index in [2.05, 4.69) is 0 Å². The van der Waals surface area contributed by atoms with Gasteiger partial charge in [-0.3, -0.25) is 0 Å². The van der Waals surface area contributed by atoms with Crippen molar-refractivity contribution in [3.63, 3.8) is 0 Å². The molecule has 3 nitrogen and oxygen atoms in total. The smallest absolute Gasteiger partial charge is 0.338 e. The molecule has 0 spiro atoms. The molecular formula is C19H22O3. The van der Waals surface area contributed by atoms with E-state index >= 15 is 0 Å². The third kappa shape index (κ3) is 5.34. The van der Waals surface area contributed by atoms with Crippen LogP contribution in [-0.2, 0) is 22.5 Å². The molecule has 0 aliphatic carbocycles. The average molecular weight is 298 g/mol. The summed E-state index contributed by atoms with van der Waals surface area (Å²) in [7, 11) is 1.72. The highest BCUT2D eigenvalue weighted by Gasteiger charge is 2.07. The van der Waals surface area contributed by atoms with Gasteiger partial charge in [0.1, 0.15) is 6.61 Å². The maximum atomic E-state index is 12.0. The van der Waals surface area contributed by atoms with Crippen molar-refractivity contribution < 1.29 is 14.3 Å². The minimum absolute atomic E-state index is 0.283. The summed E-state index contributed by atoms with van der Waals surface area (Å²) in [5.41, 5.74) is 2.82. The largest absolute Gasteiger partial charge is 0.457 e. The van der Waals surface area contributed by atoms with E-state index in [0.717, 1.165) is 31.4 Å². The first-order chi connectivity index (χ1) is 10.8. The lowest BCUT2D eigenvalue weighted by atomic mass is 10.1. The average Bonchev–Trinajstić information content (AvgIpc) is 2.58. The number of rotatable bonds is 8. The zero-order valence-electron chi connectivity index (χ0n) is 13.0. The van der Waals surface area contributed by atoms with Crippen molar-refractivity contribution >= 4 is 5.97 Å². The lowest BCUT2D eigenvalue weighted by Crippen LogP contribution is -2.05. The zero-order chi connectivity index (χ0) is 15.6. The molecule has 0 fully saturated rings. The van der Waals surface area contributed by atoms with Gasteiger partial charge < -0.3 is 9.47 Å². The van der Waals surface area contributed by atoms with Crippen LogP contribution in [0.15, 0.2) is 54.6 Å². The van der Waals surface area contributed by atoms with Gasteiger partial charge >= 0.3 is 5.97 Å². The van der Waals surface area contributed by atoms with Gasteiger partial charge in [0.25, 0.3) is 0 Å². The maximum absolute atomic E-state index is 12.0. The molecule has 0 unspecified atom stereocenters. The summed E-state index contributed by atoms with van der Waals surface area (Å²) in [4.78, 5) is 12.0. The van der Waals surface area contributed by atoms with Crippen LogP contribution < -0.4 is 0 Å². The third-order valence-electron chi connectivity index (χ3n) is 3.47. The summed E-state index contributed by atoms with van der Waals surface area (Å²) in [5, 5.41) is 0. The Balaban J connectivity index is 1.80. The lowest BCUT2D eigenvalue weighted by Gasteiger charge is -2.06. The molecule has 0 radical (unpaired) electrons. The fourth-order valence-electron chi connectivity index (χ4n) is 2.19. The molecule has 0 aromatic heterocycles. The van der Waals surface area contributed by atoms with Crippen molar-refractivity contribution in [2.75, 3.05) is 13.7 Å². The van der Waals surface area contributed by atoms with Gasteiger partial charge in [-0.2, -0.15) is 0 Å². The van der Waals surface area contributed by atoms with E-state index in [0.29, 0.717) is 12.2 Å². The SMILES string of the molecule is COCCCCc1ccc(C(=O)OCc2ccccc2)cc1. The third-order valence-corrected chi connectivity index (χ3v) is 3.47. The van der Waals surface area contributed by atoms with Crippen molar-refractivity contribution in [2.24, 2.45) is 0 Å². The van der Waals surface area contributed by atoms with Crippen LogP contribution in [0.25, 0.3) is 0 Å². The molecule has 3 heteroatoms. The summed E-state index contributed by atoms with van der Waals surface area (Å²) in [6.07, 6.45) is 3.14. The number of unbranched alkanes of at least 4 members (excludes halogenated alkanes) is 1. The Kier molecular flexibility index (Phi) is 6.65. The Labute approximate surface area is 131 Å². The molecule has 0 N–H and O–H groups in total. The molecular weight excluding hydrogens is 276 g/mol. The van der Waals surface area contributed by atoms with E-state index in [4.69, 9.17) is 9.47 Å². The molecule has 0 amide bonds. The second kappa shape index (κ2) is 9.00. The van der Waals surface area contributed by atoms with Crippen molar-refractivity contribution in [3.8, 4) is 0 Å². The van der Waals surface area contributed by atoms with Crippen LogP contribution >= 0.6 is 0 Å². The van der Waals surface area contributed by atoms with Crippen LogP contribution in [-0.4, -0.2) is 19.7 Å². The van der Waals surface area contributed by atoms with Crippen LogP contribution in [0.5, 0.6) is 0 Å². The predicted octanol–water partition coefficient (Wildman–Crippen LogP) is 4.01. The highest BCUT2D eigenvalue weighted by atomic mass is 16.5. The van der Waals surface area contributed by atoms with Gasteiger partial charge in [-0.05, 0) is 42.5 Å². The van der Waals surface area contributed by atoms with E-state index in [1.165, 1.54) is 5.56 Å². The van der Waals surface area contributed by atoms with Crippen molar-refractivity contribution in [3.05, 3.63) is 71.3 Å². The summed E-state index contributed by atoms with van der Waals surface area (Å²) < 4.78 is 10.3. The van der Waals surface area contributed by atoms with Crippen LogP contribution in [0.1, 0.15) is 34.3 Å². The van der Waals surface area contributed by atoms with E-state index in [1.54, 1.807) is 7.11 Å². The van der Waals surface area contributed by atoms with Crippen LogP contribution in [0.3, 0.4) is 0 Å². The number of ether oxygens (including phenoxy) is 2. The van der Waals surface area contributed by atoms with Crippen LogP contribution in [0.2, 0.25) is 0 Å². The van der Waals surface area contributed by atoms with Gasteiger partial charge in [-0.1, -0.05) is 42.5 Å². The van der Waals surface area contributed by atoms with Crippen LogP contribution in [0, 0.1) is 0 Å². The quantitative estimate of drug-likeness (QED) is 0.545. The highest BCUT2D eigenvalue weighted by molar-refractivity contribution is 5.89. The molecule has 0 aliphatic rings. The molecule has 116 valence electrons. The van der Waals surface area contributed by atoms with E-state index < -0.39 is 0 Å². The van der Waals surface area contributed by atoms with E-state index in [9.17, 15) is 4.79 Å². The first-order valence-electron chi connectivity index (χ1n) is 7.58. The number of aryl methyl sites for hydroxylation is 1. The maximum Gasteiger partial charge on any atom is 0.338 e. The normalized spacial score (nSPS) is 10.4. The Morgan fingerprint density at radius 2 is 1.64 bits per heavy atom. The van der Waals surface area contributed by atoms with Gasteiger partial charge in [0.15, 0.2) is 0 Å². The number of benzene rings is 2. The number of hydrogen-bond donors (Lipinski definition) is 0. The predicted molar refractivity (Wildman–Crippen MR) is 86.8 cm³/mol. The number of hydrogen-bond acceptors (Lipinski definition) is 3. The van der Waals surface area contributed by atoms with Gasteiger partial charge in [-0.25, -0.2) is 4.79 Å². The molecule has 2 aromatic carbocycles. The number of methoxy groups -OCH3 is 1. The second-order valence-electron chi connectivity index (χ2n) is 5.21. The first-order valence-corrected chi connectivity index (χ1v) is 7.58. The Morgan fingerprint density at radius 1 is 0.909 bits per heavy atom. The van der Waals surface area contributed by atoms with Crippen molar-refractivity contribution in [2.45, 2.75) is 25.9 Å². The summed E-state index contributed by atoms with van der Waals surface area (Å²) in [5.74, 6) is -0.283. The molecule has 22 heavy (non-hydrogen) atoms. The summed E-state index contributed by atoms with van der Waals surface area (Å²) in [6, 6.07) is 17.3. The van der Waals surface area contributed by atoms with Gasteiger partial charge in [0, 0.05) is 13.7 Å². The van der Waals surface area contributed by atoms with E-state index in [1.807, 2.05) is 54.6 Å². The zero-order valence-corrected chi connectivity index (χ0v) is 13.0. The Hall–Kier alpha value is -2.13. The standard InChI is InChI=1S/C19H22O3/c1-21-14-6-5-7-16-10-12-18(13-11-16)19(20)22-15-17-8-3-2-4-9-17/h2-4,8-13H,5-7,14-15H2,1H3. The summed E-state index contributed by atoms with van der Waals surface area (Å²) in [6.45, 7) is 1.10. The molecule has 0 heterocycles. The molecule has 0 aliphatic heterocycles. The number of carbonyl (C=O) groups excluding carboxylic acids is 1. The number of esters is 1. The van der Waals surface area contributed by atoms with Gasteiger partial charge in [0.2, 0.25) is 0 Å². The fraction of sp³-hybridized carbons (Fsp3) is 0.316. The lowest BCUT2D eigenvalue weighted by molar-refractivity contribution is 0.0472. The number of carbonyl (C=O) groups is 1. The second-order valence-corrected chi connectivity index (χ2v) is 5.21. The molecule has 0 atom stereocenters. The molecule has 0 saturated carbocycles. The van der Waals surface area contributed by atoms with Crippen molar-refractivity contribution in [1.29, 1.82) is 0 Å². The fourth-order valence-corrected chi connectivity index (χ4v) is 2.19. The minimum Gasteiger partial charge on any atom is -0.457 e. The van der Waals surface area contributed by atoms with E-state index in [-0.39, 0.29) is 5.97 Å².